The Morgan fingerprint density at radius 3 is 2.88 bits per heavy atom. The average molecular weight is 223 g/mol. The van der Waals surface area contributed by atoms with Gasteiger partial charge >= 0.3 is 5.97 Å². The number of carbonyl (C=O) groups is 1. The average Bonchev–Trinajstić information content (AvgIpc) is 2.66. The lowest BCUT2D eigenvalue weighted by Crippen LogP contribution is -2.30. The van der Waals surface area contributed by atoms with Crippen molar-refractivity contribution in [2.45, 2.75) is 25.3 Å². The van der Waals surface area contributed by atoms with Crippen molar-refractivity contribution in [3.05, 3.63) is 18.2 Å². The summed E-state index contributed by atoms with van der Waals surface area (Å²) >= 11 is 0. The van der Waals surface area contributed by atoms with Crippen LogP contribution < -0.4 is 0 Å². The van der Waals surface area contributed by atoms with Crippen LogP contribution in [-0.2, 0) is 11.3 Å². The fourth-order valence-electron chi connectivity index (χ4n) is 2.23. The summed E-state index contributed by atoms with van der Waals surface area (Å²) in [6.07, 6.45) is 5.57. The topological polar surface area (TPSA) is 58.4 Å². The van der Waals surface area contributed by atoms with Crippen molar-refractivity contribution < 1.29 is 9.90 Å². The Morgan fingerprint density at radius 1 is 1.56 bits per heavy atom. The molecule has 1 aromatic heterocycles. The number of nitrogens with zero attached hydrogens (tertiary/aromatic N) is 3. The Hall–Kier alpha value is -1.36. The Morgan fingerprint density at radius 2 is 2.25 bits per heavy atom. The van der Waals surface area contributed by atoms with Gasteiger partial charge in [0.1, 0.15) is 12.4 Å². The molecule has 1 fully saturated rings. The lowest BCUT2D eigenvalue weighted by atomic mass is 9.96. The molecule has 1 aliphatic heterocycles. The van der Waals surface area contributed by atoms with Crippen LogP contribution in [-0.4, -0.2) is 45.7 Å². The number of hydrogen-bond donors (Lipinski definition) is 1. The van der Waals surface area contributed by atoms with Crippen molar-refractivity contribution in [1.29, 1.82) is 0 Å². The molecule has 0 atom stereocenters. The van der Waals surface area contributed by atoms with Crippen LogP contribution in [0.2, 0.25) is 0 Å². The second-order valence-electron chi connectivity index (χ2n) is 4.38. The van der Waals surface area contributed by atoms with E-state index in [0.29, 0.717) is 5.92 Å². The van der Waals surface area contributed by atoms with E-state index in [0.717, 1.165) is 31.8 Å². The summed E-state index contributed by atoms with van der Waals surface area (Å²) in [6.45, 7) is 2.14. The van der Waals surface area contributed by atoms with Crippen LogP contribution in [0.15, 0.2) is 12.4 Å². The van der Waals surface area contributed by atoms with E-state index >= 15 is 0 Å². The number of carboxylic acid groups (broad SMARTS) is 1. The van der Waals surface area contributed by atoms with Gasteiger partial charge in [-0.2, -0.15) is 0 Å². The first-order valence-corrected chi connectivity index (χ1v) is 5.58. The summed E-state index contributed by atoms with van der Waals surface area (Å²) in [5.74, 6) is 0.522. The predicted molar refractivity (Wildman–Crippen MR) is 59.3 cm³/mol. The molecule has 1 saturated heterocycles. The summed E-state index contributed by atoms with van der Waals surface area (Å²) < 4.78 is 1.75. The normalized spacial score (nSPS) is 18.8. The van der Waals surface area contributed by atoms with Crippen molar-refractivity contribution in [3.63, 3.8) is 0 Å². The molecule has 2 heterocycles. The van der Waals surface area contributed by atoms with Gasteiger partial charge in [0.2, 0.25) is 0 Å². The van der Waals surface area contributed by atoms with Gasteiger partial charge in [0.25, 0.3) is 0 Å². The Labute approximate surface area is 94.7 Å². The lowest BCUT2D eigenvalue weighted by molar-refractivity contribution is -0.137. The van der Waals surface area contributed by atoms with E-state index in [1.54, 1.807) is 17.0 Å². The maximum absolute atomic E-state index is 10.7. The molecule has 0 amide bonds. The third-order valence-corrected chi connectivity index (χ3v) is 3.14. The molecule has 0 spiro atoms. The van der Waals surface area contributed by atoms with E-state index in [1.807, 2.05) is 0 Å². The molecule has 0 radical (unpaired) electrons. The van der Waals surface area contributed by atoms with Crippen molar-refractivity contribution in [2.24, 2.45) is 0 Å². The molecule has 5 heteroatoms. The molecule has 88 valence electrons. The van der Waals surface area contributed by atoms with Crippen LogP contribution in [0, 0.1) is 0 Å². The van der Waals surface area contributed by atoms with Gasteiger partial charge in [0.05, 0.1) is 0 Å². The quantitative estimate of drug-likeness (QED) is 0.822. The maximum atomic E-state index is 10.7. The molecule has 1 aliphatic rings. The van der Waals surface area contributed by atoms with Gasteiger partial charge in [-0.3, -0.25) is 4.79 Å². The summed E-state index contributed by atoms with van der Waals surface area (Å²) in [5.41, 5.74) is 0. The third-order valence-electron chi connectivity index (χ3n) is 3.14. The Balaban J connectivity index is 2.08. The molecule has 0 saturated carbocycles. The molecule has 0 aliphatic carbocycles. The van der Waals surface area contributed by atoms with Gasteiger partial charge in [-0.25, -0.2) is 4.98 Å². The molecule has 1 aromatic rings. The fraction of sp³-hybridized carbons (Fsp3) is 0.636. The number of imidazole rings is 1. The zero-order valence-corrected chi connectivity index (χ0v) is 9.46. The first kappa shape index (κ1) is 11.1. The van der Waals surface area contributed by atoms with Crippen molar-refractivity contribution in [1.82, 2.24) is 14.5 Å². The van der Waals surface area contributed by atoms with E-state index in [9.17, 15) is 4.79 Å². The summed E-state index contributed by atoms with van der Waals surface area (Å²) in [6, 6.07) is 0. The highest BCUT2D eigenvalue weighted by atomic mass is 16.4. The number of piperidine rings is 1. The zero-order chi connectivity index (χ0) is 11.5. The van der Waals surface area contributed by atoms with Gasteiger partial charge in [-0.1, -0.05) is 0 Å². The minimum absolute atomic E-state index is 0.0155. The van der Waals surface area contributed by atoms with Gasteiger partial charge in [0, 0.05) is 18.3 Å². The van der Waals surface area contributed by atoms with Crippen LogP contribution in [0.1, 0.15) is 24.6 Å². The van der Waals surface area contributed by atoms with Gasteiger partial charge in [-0.05, 0) is 33.0 Å². The van der Waals surface area contributed by atoms with Crippen molar-refractivity contribution in [3.8, 4) is 0 Å². The number of carboxylic acids is 1. The molecule has 0 unspecified atom stereocenters. The van der Waals surface area contributed by atoms with E-state index in [4.69, 9.17) is 5.11 Å². The maximum Gasteiger partial charge on any atom is 0.323 e. The highest BCUT2D eigenvalue weighted by Crippen LogP contribution is 2.26. The van der Waals surface area contributed by atoms with Crippen LogP contribution in [0.25, 0.3) is 0 Å². The minimum atomic E-state index is -0.813. The van der Waals surface area contributed by atoms with E-state index in [2.05, 4.69) is 16.9 Å². The lowest BCUT2D eigenvalue weighted by Gasteiger charge is -2.28. The van der Waals surface area contributed by atoms with Gasteiger partial charge < -0.3 is 14.6 Å². The first-order chi connectivity index (χ1) is 7.66. The number of aromatic nitrogens is 2. The minimum Gasteiger partial charge on any atom is -0.480 e. The van der Waals surface area contributed by atoms with E-state index < -0.39 is 5.97 Å². The Kier molecular flexibility index (Phi) is 3.24. The van der Waals surface area contributed by atoms with Crippen LogP contribution in [0.5, 0.6) is 0 Å². The molecule has 1 N–H and O–H groups in total. The predicted octanol–water partition coefficient (Wildman–Crippen LogP) is 0.777. The molecular formula is C11H17N3O2. The molecule has 0 aromatic carbocycles. The van der Waals surface area contributed by atoms with Crippen molar-refractivity contribution in [2.75, 3.05) is 20.1 Å². The van der Waals surface area contributed by atoms with Crippen molar-refractivity contribution >= 4 is 5.97 Å². The molecule has 5 nitrogen and oxygen atoms in total. The second-order valence-corrected chi connectivity index (χ2v) is 4.38. The number of likely N-dealkylation sites (tertiary alicyclic amines) is 1. The van der Waals surface area contributed by atoms with E-state index in [-0.39, 0.29) is 6.54 Å². The number of hydrogen-bond acceptors (Lipinski definition) is 3. The molecule has 16 heavy (non-hydrogen) atoms. The summed E-state index contributed by atoms with van der Waals surface area (Å²) in [4.78, 5) is 17.3. The van der Waals surface area contributed by atoms with Gasteiger partial charge in [0.15, 0.2) is 0 Å². The smallest absolute Gasteiger partial charge is 0.323 e. The second kappa shape index (κ2) is 4.65. The monoisotopic (exact) mass is 223 g/mol. The zero-order valence-electron chi connectivity index (χ0n) is 9.46. The highest BCUT2D eigenvalue weighted by Gasteiger charge is 2.22. The summed E-state index contributed by atoms with van der Waals surface area (Å²) in [7, 11) is 2.11. The van der Waals surface area contributed by atoms with E-state index in [1.165, 1.54) is 0 Å². The third kappa shape index (κ3) is 2.41. The van der Waals surface area contributed by atoms with Crippen LogP contribution in [0.3, 0.4) is 0 Å². The number of rotatable bonds is 3. The number of aliphatic carboxylic acids is 1. The van der Waals surface area contributed by atoms with Crippen LogP contribution >= 0.6 is 0 Å². The molecule has 2 rings (SSSR count). The summed E-state index contributed by atoms with van der Waals surface area (Å²) in [5, 5.41) is 8.79. The Bertz CT molecular complexity index is 367. The fourth-order valence-corrected chi connectivity index (χ4v) is 2.23. The molecular weight excluding hydrogens is 206 g/mol. The van der Waals surface area contributed by atoms with Crippen LogP contribution in [0.4, 0.5) is 0 Å². The largest absolute Gasteiger partial charge is 0.480 e. The molecule has 0 bridgehead atoms. The highest BCUT2D eigenvalue weighted by molar-refractivity contribution is 5.66. The van der Waals surface area contributed by atoms with Gasteiger partial charge in [-0.15, -0.1) is 0 Å². The first-order valence-electron chi connectivity index (χ1n) is 5.58. The SMILES string of the molecule is CN1CCC(c2nccn2CC(=O)O)CC1. The standard InChI is InChI=1S/C11H17N3O2/c1-13-5-2-9(3-6-13)11-12-4-7-14(11)8-10(15)16/h4,7,9H,2-3,5-6,8H2,1H3,(H,15,16).